The number of nitrogens with one attached hydrogen (secondary N) is 1. The van der Waals surface area contributed by atoms with E-state index in [1.54, 1.807) is 18.2 Å². The lowest BCUT2D eigenvalue weighted by atomic mass is 10.3. The monoisotopic (exact) mass is 267 g/mol. The van der Waals surface area contributed by atoms with E-state index in [0.29, 0.717) is 16.3 Å². The minimum atomic E-state index is -0.344. The van der Waals surface area contributed by atoms with Crippen LogP contribution < -0.4 is 5.32 Å². The van der Waals surface area contributed by atoms with Crippen LogP contribution in [0.3, 0.4) is 0 Å². The second-order valence-corrected chi connectivity index (χ2v) is 5.13. The van der Waals surface area contributed by atoms with Crippen molar-refractivity contribution >= 4 is 30.3 Å². The number of rotatable bonds is 2. The predicted octanol–water partition coefficient (Wildman–Crippen LogP) is 2.82. The van der Waals surface area contributed by atoms with Gasteiger partial charge < -0.3 is 5.32 Å². The van der Waals surface area contributed by atoms with Crippen LogP contribution in [-0.4, -0.2) is 16.7 Å². The van der Waals surface area contributed by atoms with E-state index in [0.717, 1.165) is 0 Å². The maximum absolute atomic E-state index is 13.5. The van der Waals surface area contributed by atoms with Gasteiger partial charge in [0, 0.05) is 0 Å². The first-order valence-corrected chi connectivity index (χ1v) is 6.17. The summed E-state index contributed by atoms with van der Waals surface area (Å²) in [5.41, 5.74) is 0.864. The zero-order valence-electron chi connectivity index (χ0n) is 9.01. The van der Waals surface area contributed by atoms with Gasteiger partial charge in [-0.2, -0.15) is 17.9 Å². The van der Waals surface area contributed by atoms with E-state index < -0.39 is 0 Å². The molecule has 1 heterocycles. The molecule has 17 heavy (non-hydrogen) atoms. The number of nitrogens with zero attached hydrogens (tertiary/aromatic N) is 2. The van der Waals surface area contributed by atoms with E-state index in [4.69, 9.17) is 5.26 Å². The number of hydrogen-bond donors (Lipinski definition) is 2. The molecule has 3 nitrogen and oxygen atoms in total. The Bertz CT molecular complexity index is 510. The van der Waals surface area contributed by atoms with Crippen molar-refractivity contribution in [1.29, 1.82) is 5.26 Å². The lowest BCUT2D eigenvalue weighted by molar-refractivity contribution is 0.604. The molecule has 6 heteroatoms. The van der Waals surface area contributed by atoms with Crippen LogP contribution in [0.1, 0.15) is 0 Å². The molecule has 0 spiro atoms. The van der Waals surface area contributed by atoms with Gasteiger partial charge in [-0.15, -0.1) is 0 Å². The van der Waals surface area contributed by atoms with Gasteiger partial charge in [0.2, 0.25) is 0 Å². The van der Waals surface area contributed by atoms with Crippen LogP contribution in [0.15, 0.2) is 34.9 Å². The highest BCUT2D eigenvalue weighted by Crippen LogP contribution is 2.38. The van der Waals surface area contributed by atoms with Crippen molar-refractivity contribution in [3.8, 4) is 6.07 Å². The van der Waals surface area contributed by atoms with E-state index in [-0.39, 0.29) is 11.2 Å². The maximum atomic E-state index is 13.5. The summed E-state index contributed by atoms with van der Waals surface area (Å²) in [5.74, 6) is -0.344. The Morgan fingerprint density at radius 1 is 1.53 bits per heavy atom. The van der Waals surface area contributed by atoms with E-state index in [2.05, 4.69) is 24.0 Å². The van der Waals surface area contributed by atoms with E-state index in [1.807, 2.05) is 11.4 Å². The van der Waals surface area contributed by atoms with E-state index in [1.165, 1.54) is 18.0 Å². The largest absolute Gasteiger partial charge is 0.346 e. The Morgan fingerprint density at radius 2 is 2.24 bits per heavy atom. The smallest absolute Gasteiger partial charge is 0.146 e. The Hall–Kier alpha value is -1.16. The summed E-state index contributed by atoms with van der Waals surface area (Å²) in [6.45, 7) is 0. The topological polar surface area (TPSA) is 39.1 Å². The van der Waals surface area contributed by atoms with Crippen LogP contribution in [0.25, 0.3) is 0 Å². The summed E-state index contributed by atoms with van der Waals surface area (Å²) in [6.07, 6.45) is 0. The third-order valence-electron chi connectivity index (χ3n) is 2.33. The van der Waals surface area contributed by atoms with Gasteiger partial charge in [-0.05, 0) is 31.1 Å². The molecule has 1 aromatic carbocycles. The van der Waals surface area contributed by atoms with Crippen LogP contribution in [0.4, 0.5) is 10.1 Å². The number of hydrogen-bond acceptors (Lipinski definition) is 5. The molecule has 1 atom stereocenters. The maximum Gasteiger partial charge on any atom is 0.146 e. The molecular weight excluding hydrogens is 257 g/mol. The molecule has 88 valence electrons. The summed E-state index contributed by atoms with van der Waals surface area (Å²) in [5, 5.41) is 12.3. The second kappa shape index (κ2) is 5.00. The standard InChI is InChI=1S/C11H10FN3S2/c1-15-11(16)7(6-13)10(17-15)14-9-5-3-2-4-8(9)12/h2-5,11,14,16H,1H3. The number of benzene rings is 1. The highest BCUT2D eigenvalue weighted by Gasteiger charge is 2.29. The highest BCUT2D eigenvalue weighted by atomic mass is 32.2. The molecule has 2 rings (SSSR count). The van der Waals surface area contributed by atoms with Crippen molar-refractivity contribution in [2.75, 3.05) is 12.4 Å². The Balaban J connectivity index is 2.28. The average molecular weight is 267 g/mol. The van der Waals surface area contributed by atoms with Crippen molar-refractivity contribution in [1.82, 2.24) is 4.31 Å². The van der Waals surface area contributed by atoms with Crippen LogP contribution in [0.2, 0.25) is 0 Å². The van der Waals surface area contributed by atoms with E-state index in [9.17, 15) is 4.39 Å². The molecule has 1 unspecified atom stereocenters. The van der Waals surface area contributed by atoms with Crippen molar-refractivity contribution < 1.29 is 4.39 Å². The molecule has 0 bridgehead atoms. The molecule has 1 aliphatic heterocycles. The van der Waals surface area contributed by atoms with Crippen molar-refractivity contribution in [2.45, 2.75) is 5.37 Å². The van der Waals surface area contributed by atoms with Crippen molar-refractivity contribution in [2.24, 2.45) is 0 Å². The first kappa shape index (κ1) is 12.3. The third-order valence-corrected chi connectivity index (χ3v) is 4.09. The summed E-state index contributed by atoms with van der Waals surface area (Å²) < 4.78 is 15.3. The third kappa shape index (κ3) is 2.41. The minimum absolute atomic E-state index is 0.265. The van der Waals surface area contributed by atoms with Crippen molar-refractivity contribution in [3.05, 3.63) is 40.7 Å². The fourth-order valence-corrected chi connectivity index (χ4v) is 2.75. The second-order valence-electron chi connectivity index (χ2n) is 3.47. The van der Waals surface area contributed by atoms with Gasteiger partial charge in [0.05, 0.1) is 11.3 Å². The molecule has 1 aliphatic rings. The molecule has 0 saturated carbocycles. The highest BCUT2D eigenvalue weighted by molar-refractivity contribution is 8.02. The zero-order valence-corrected chi connectivity index (χ0v) is 10.7. The number of para-hydroxylation sites is 1. The summed E-state index contributed by atoms with van der Waals surface area (Å²) in [6, 6.07) is 8.45. The van der Waals surface area contributed by atoms with Gasteiger partial charge in [0.25, 0.3) is 0 Å². The van der Waals surface area contributed by atoms with Crippen LogP contribution in [-0.2, 0) is 0 Å². The fraction of sp³-hybridized carbons (Fsp3) is 0.182. The minimum Gasteiger partial charge on any atom is -0.346 e. The molecule has 1 N–H and O–H groups in total. The van der Waals surface area contributed by atoms with Gasteiger partial charge in [-0.1, -0.05) is 12.1 Å². The molecule has 0 saturated heterocycles. The van der Waals surface area contributed by atoms with Crippen LogP contribution in [0.5, 0.6) is 0 Å². The van der Waals surface area contributed by atoms with Crippen LogP contribution >= 0.6 is 24.6 Å². The molecule has 1 aromatic rings. The molecule has 0 radical (unpaired) electrons. The van der Waals surface area contributed by atoms with Crippen LogP contribution in [0, 0.1) is 17.1 Å². The summed E-state index contributed by atoms with van der Waals surface area (Å²) in [4.78, 5) is 0. The first-order valence-electron chi connectivity index (χ1n) is 4.88. The van der Waals surface area contributed by atoms with Gasteiger partial charge in [0.15, 0.2) is 0 Å². The van der Waals surface area contributed by atoms with E-state index >= 15 is 0 Å². The van der Waals surface area contributed by atoms with Gasteiger partial charge in [0.1, 0.15) is 22.3 Å². The Kier molecular flexibility index (Phi) is 3.62. The van der Waals surface area contributed by atoms with Gasteiger partial charge >= 0.3 is 0 Å². The van der Waals surface area contributed by atoms with Crippen molar-refractivity contribution in [3.63, 3.8) is 0 Å². The number of halogens is 1. The lowest BCUT2D eigenvalue weighted by Crippen LogP contribution is -2.15. The summed E-state index contributed by atoms with van der Waals surface area (Å²) >= 11 is 5.65. The molecular formula is C11H10FN3S2. The fourth-order valence-electron chi connectivity index (χ4n) is 1.43. The predicted molar refractivity (Wildman–Crippen MR) is 70.8 cm³/mol. The van der Waals surface area contributed by atoms with Gasteiger partial charge in [-0.25, -0.2) is 8.70 Å². The number of thiol groups is 1. The number of anilines is 1. The Labute approximate surface area is 109 Å². The normalized spacial score (nSPS) is 20.5. The van der Waals surface area contributed by atoms with Gasteiger partial charge in [-0.3, -0.25) is 0 Å². The molecule has 0 aliphatic carbocycles. The molecule has 0 fully saturated rings. The Morgan fingerprint density at radius 3 is 2.88 bits per heavy atom. The SMILES string of the molecule is CN1SC(Nc2ccccc2F)=C(C#N)C1S. The lowest BCUT2D eigenvalue weighted by Gasteiger charge is -2.11. The zero-order chi connectivity index (χ0) is 12.4. The first-order chi connectivity index (χ1) is 8.13. The average Bonchev–Trinajstić information content (AvgIpc) is 2.58. The quantitative estimate of drug-likeness (QED) is 0.638. The summed E-state index contributed by atoms with van der Waals surface area (Å²) in [7, 11) is 1.83. The number of nitriles is 1. The molecule has 0 amide bonds. The number of likely N-dealkylation sites (N-methyl/N-ethyl adjacent to an activating group) is 1. The molecule has 0 aromatic heterocycles.